The lowest BCUT2D eigenvalue weighted by Gasteiger charge is -2.21. The zero-order valence-electron chi connectivity index (χ0n) is 12.0. The van der Waals surface area contributed by atoms with Crippen LogP contribution in [-0.2, 0) is 11.2 Å². The van der Waals surface area contributed by atoms with Gasteiger partial charge in [-0.1, -0.05) is 20.8 Å². The summed E-state index contributed by atoms with van der Waals surface area (Å²) in [5, 5.41) is 3.08. The lowest BCUT2D eigenvalue weighted by molar-refractivity contribution is -0.119. The van der Waals surface area contributed by atoms with Crippen LogP contribution in [0.5, 0.6) is 0 Å². The monoisotopic (exact) mass is 265 g/mol. The second kappa shape index (κ2) is 6.36. The number of nitrogens with zero attached hydrogens (tertiary/aromatic N) is 2. The molecule has 0 fully saturated rings. The first-order chi connectivity index (χ1) is 8.86. The molecule has 1 aromatic heterocycles. The smallest absolute Gasteiger partial charge is 0.240 e. The molecule has 0 aromatic carbocycles. The van der Waals surface area contributed by atoms with E-state index in [0.717, 1.165) is 18.4 Å². The minimum Gasteiger partial charge on any atom is -0.383 e. The number of nitrogen functional groups attached to an aromatic ring is 1. The highest BCUT2D eigenvalue weighted by Gasteiger charge is 2.21. The maximum Gasteiger partial charge on any atom is 0.240 e. The fourth-order valence-corrected chi connectivity index (χ4v) is 1.77. The van der Waals surface area contributed by atoms with E-state index < -0.39 is 11.9 Å². The van der Waals surface area contributed by atoms with Crippen molar-refractivity contribution < 1.29 is 4.79 Å². The van der Waals surface area contributed by atoms with E-state index in [2.05, 4.69) is 15.3 Å². The lowest BCUT2D eigenvalue weighted by Crippen LogP contribution is -2.40. The summed E-state index contributed by atoms with van der Waals surface area (Å²) in [6, 6.07) is -0.470. The molecule has 1 rings (SSSR count). The highest BCUT2D eigenvalue weighted by Crippen LogP contribution is 2.20. The van der Waals surface area contributed by atoms with Gasteiger partial charge in [-0.15, -0.1) is 0 Å². The third-order valence-corrected chi connectivity index (χ3v) is 2.97. The second-order valence-electron chi connectivity index (χ2n) is 5.02. The largest absolute Gasteiger partial charge is 0.383 e. The number of amides is 1. The molecule has 0 aliphatic heterocycles. The first kappa shape index (κ1) is 15.2. The van der Waals surface area contributed by atoms with Gasteiger partial charge in [-0.05, 0) is 19.3 Å². The Morgan fingerprint density at radius 3 is 2.47 bits per heavy atom. The van der Waals surface area contributed by atoms with E-state index in [1.165, 1.54) is 0 Å². The summed E-state index contributed by atoms with van der Waals surface area (Å²) in [6.07, 6.45) is 1.69. The molecule has 19 heavy (non-hydrogen) atoms. The number of aryl methyl sites for hydroxylation is 1. The van der Waals surface area contributed by atoms with Crippen LogP contribution in [0.15, 0.2) is 0 Å². The Labute approximate surface area is 114 Å². The van der Waals surface area contributed by atoms with Gasteiger partial charge in [0.1, 0.15) is 23.5 Å². The quantitative estimate of drug-likeness (QED) is 0.717. The Balaban J connectivity index is 3.08. The number of carbonyl (C=O) groups is 1. The van der Waals surface area contributed by atoms with Crippen LogP contribution in [0.3, 0.4) is 0 Å². The molecule has 0 aliphatic rings. The van der Waals surface area contributed by atoms with Crippen LogP contribution in [0.2, 0.25) is 0 Å². The third-order valence-electron chi connectivity index (χ3n) is 2.97. The molecule has 0 radical (unpaired) electrons. The summed E-state index contributed by atoms with van der Waals surface area (Å²) >= 11 is 0. The average Bonchev–Trinajstić information content (AvgIpc) is 2.31. The van der Waals surface area contributed by atoms with Crippen molar-refractivity contribution in [2.24, 2.45) is 11.7 Å². The SMILES string of the molecule is CCCc1nc(N)c(C)c(NC(C(N)=O)C(C)C)n1. The van der Waals surface area contributed by atoms with Crippen LogP contribution in [0.25, 0.3) is 0 Å². The average molecular weight is 265 g/mol. The number of aromatic nitrogens is 2. The van der Waals surface area contributed by atoms with Gasteiger partial charge in [-0.25, -0.2) is 9.97 Å². The van der Waals surface area contributed by atoms with Crippen LogP contribution in [0.1, 0.15) is 38.6 Å². The van der Waals surface area contributed by atoms with Crippen LogP contribution in [0.4, 0.5) is 11.6 Å². The predicted octanol–water partition coefficient (Wildman–Crippen LogP) is 1.24. The van der Waals surface area contributed by atoms with E-state index in [1.807, 2.05) is 27.7 Å². The van der Waals surface area contributed by atoms with Gasteiger partial charge in [0, 0.05) is 12.0 Å². The van der Waals surface area contributed by atoms with Crippen molar-refractivity contribution in [2.75, 3.05) is 11.1 Å². The molecule has 6 heteroatoms. The number of hydrogen-bond donors (Lipinski definition) is 3. The minimum atomic E-state index is -0.470. The molecule has 0 saturated carbocycles. The van der Waals surface area contributed by atoms with Crippen LogP contribution in [0, 0.1) is 12.8 Å². The summed E-state index contributed by atoms with van der Waals surface area (Å²) in [5.41, 5.74) is 12.0. The van der Waals surface area contributed by atoms with Crippen LogP contribution >= 0.6 is 0 Å². The van der Waals surface area contributed by atoms with Gasteiger partial charge in [0.2, 0.25) is 5.91 Å². The Morgan fingerprint density at radius 2 is 2.00 bits per heavy atom. The molecule has 0 bridgehead atoms. The highest BCUT2D eigenvalue weighted by molar-refractivity contribution is 5.83. The highest BCUT2D eigenvalue weighted by atomic mass is 16.1. The van der Waals surface area contributed by atoms with Crippen LogP contribution in [-0.4, -0.2) is 21.9 Å². The number of rotatable bonds is 6. The van der Waals surface area contributed by atoms with Crippen molar-refractivity contribution in [1.29, 1.82) is 0 Å². The van der Waals surface area contributed by atoms with E-state index in [9.17, 15) is 4.79 Å². The second-order valence-corrected chi connectivity index (χ2v) is 5.02. The summed E-state index contributed by atoms with van der Waals surface area (Å²) in [6.45, 7) is 7.73. The van der Waals surface area contributed by atoms with Crippen molar-refractivity contribution in [3.63, 3.8) is 0 Å². The number of nitrogens with one attached hydrogen (secondary N) is 1. The molecule has 1 heterocycles. The van der Waals surface area contributed by atoms with Crippen molar-refractivity contribution >= 4 is 17.5 Å². The van der Waals surface area contributed by atoms with Gasteiger partial charge >= 0.3 is 0 Å². The van der Waals surface area contributed by atoms with E-state index in [4.69, 9.17) is 11.5 Å². The molecule has 5 N–H and O–H groups in total. The number of carbonyl (C=O) groups excluding carboxylic acids is 1. The van der Waals surface area contributed by atoms with Crippen LogP contribution < -0.4 is 16.8 Å². The van der Waals surface area contributed by atoms with E-state index in [-0.39, 0.29) is 5.92 Å². The van der Waals surface area contributed by atoms with Gasteiger partial charge in [0.25, 0.3) is 0 Å². The molecule has 1 aromatic rings. The molecule has 1 unspecified atom stereocenters. The molecule has 0 aliphatic carbocycles. The van der Waals surface area contributed by atoms with Crippen molar-refractivity contribution in [3.8, 4) is 0 Å². The molecule has 1 atom stereocenters. The van der Waals surface area contributed by atoms with Gasteiger partial charge in [0.15, 0.2) is 0 Å². The normalized spacial score (nSPS) is 12.5. The standard InChI is InChI=1S/C13H23N5O/c1-5-6-9-16-11(14)8(4)13(17-9)18-10(7(2)3)12(15)19/h7,10H,5-6H2,1-4H3,(H2,15,19)(H3,14,16,17,18). The summed E-state index contributed by atoms with van der Waals surface area (Å²) in [4.78, 5) is 20.1. The maximum absolute atomic E-state index is 11.4. The Hall–Kier alpha value is -1.85. The molecule has 0 saturated heterocycles. The maximum atomic E-state index is 11.4. The molecule has 6 nitrogen and oxygen atoms in total. The minimum absolute atomic E-state index is 0.0720. The third kappa shape index (κ3) is 3.81. The fraction of sp³-hybridized carbons (Fsp3) is 0.615. The predicted molar refractivity (Wildman–Crippen MR) is 76.6 cm³/mol. The topological polar surface area (TPSA) is 107 Å². The number of primary amides is 1. The van der Waals surface area contributed by atoms with Gasteiger partial charge in [-0.3, -0.25) is 4.79 Å². The summed E-state index contributed by atoms with van der Waals surface area (Å²) < 4.78 is 0. The Morgan fingerprint density at radius 1 is 1.37 bits per heavy atom. The molecular formula is C13H23N5O. The molecule has 106 valence electrons. The number of nitrogens with two attached hydrogens (primary N) is 2. The molecular weight excluding hydrogens is 242 g/mol. The number of anilines is 2. The first-order valence-corrected chi connectivity index (χ1v) is 6.55. The van der Waals surface area contributed by atoms with Crippen molar-refractivity contribution in [3.05, 3.63) is 11.4 Å². The summed E-state index contributed by atoms with van der Waals surface area (Å²) in [5.74, 6) is 1.38. The first-order valence-electron chi connectivity index (χ1n) is 6.55. The van der Waals surface area contributed by atoms with Crippen molar-refractivity contribution in [2.45, 2.75) is 46.6 Å². The molecule has 0 spiro atoms. The zero-order valence-corrected chi connectivity index (χ0v) is 12.0. The Kier molecular flexibility index (Phi) is 5.09. The zero-order chi connectivity index (χ0) is 14.6. The van der Waals surface area contributed by atoms with Gasteiger partial charge < -0.3 is 16.8 Å². The molecule has 1 amide bonds. The lowest BCUT2D eigenvalue weighted by atomic mass is 10.0. The number of hydrogen-bond acceptors (Lipinski definition) is 5. The van der Waals surface area contributed by atoms with E-state index >= 15 is 0 Å². The van der Waals surface area contributed by atoms with E-state index in [1.54, 1.807) is 0 Å². The van der Waals surface area contributed by atoms with Gasteiger partial charge in [-0.2, -0.15) is 0 Å². The van der Waals surface area contributed by atoms with Crippen molar-refractivity contribution in [1.82, 2.24) is 9.97 Å². The van der Waals surface area contributed by atoms with E-state index in [0.29, 0.717) is 17.5 Å². The van der Waals surface area contributed by atoms with Gasteiger partial charge in [0.05, 0.1) is 0 Å². The Bertz CT molecular complexity index is 459. The fourth-order valence-electron chi connectivity index (χ4n) is 1.77. The summed E-state index contributed by atoms with van der Waals surface area (Å²) in [7, 11) is 0.